The van der Waals surface area contributed by atoms with Crippen molar-refractivity contribution in [3.05, 3.63) is 23.8 Å². The fourth-order valence-corrected chi connectivity index (χ4v) is 3.16. The number of methoxy groups -OCH3 is 3. The zero-order chi connectivity index (χ0) is 17.4. The van der Waals surface area contributed by atoms with E-state index in [0.29, 0.717) is 31.1 Å². The highest BCUT2D eigenvalue weighted by Gasteiger charge is 2.32. The molecule has 0 bridgehead atoms. The van der Waals surface area contributed by atoms with E-state index in [1.807, 2.05) is 18.2 Å². The molecule has 2 rings (SSSR count). The minimum absolute atomic E-state index is 0.0104. The number of hydrogen-bond acceptors (Lipinski definition) is 5. The molecule has 0 aliphatic carbocycles. The van der Waals surface area contributed by atoms with Gasteiger partial charge in [0.1, 0.15) is 0 Å². The van der Waals surface area contributed by atoms with Crippen LogP contribution in [-0.4, -0.2) is 53.5 Å². The van der Waals surface area contributed by atoms with Crippen molar-refractivity contribution in [2.75, 3.05) is 47.6 Å². The van der Waals surface area contributed by atoms with Gasteiger partial charge in [0.05, 0.1) is 27.2 Å². The van der Waals surface area contributed by atoms with Gasteiger partial charge >= 0.3 is 0 Å². The van der Waals surface area contributed by atoms with Gasteiger partial charge in [-0.25, -0.2) is 0 Å². The molecule has 0 saturated carbocycles. The van der Waals surface area contributed by atoms with Gasteiger partial charge in [-0.15, -0.1) is 0 Å². The first-order valence-electron chi connectivity index (χ1n) is 8.30. The summed E-state index contributed by atoms with van der Waals surface area (Å²) in [6.45, 7) is 3.25. The predicted octanol–water partition coefficient (Wildman–Crippen LogP) is 1.38. The zero-order valence-corrected chi connectivity index (χ0v) is 14.8. The smallest absolute Gasteiger partial charge is 0.224 e. The lowest BCUT2D eigenvalue weighted by Crippen LogP contribution is -2.47. The van der Waals surface area contributed by atoms with Crippen LogP contribution in [0.3, 0.4) is 0 Å². The van der Waals surface area contributed by atoms with Crippen LogP contribution in [0.2, 0.25) is 0 Å². The van der Waals surface area contributed by atoms with Crippen LogP contribution in [-0.2, 0) is 16.0 Å². The fourth-order valence-electron chi connectivity index (χ4n) is 3.16. The van der Waals surface area contributed by atoms with Crippen molar-refractivity contribution in [1.82, 2.24) is 10.6 Å². The highest BCUT2D eigenvalue weighted by Crippen LogP contribution is 2.29. The largest absolute Gasteiger partial charge is 0.493 e. The van der Waals surface area contributed by atoms with E-state index in [9.17, 15) is 4.79 Å². The van der Waals surface area contributed by atoms with Gasteiger partial charge < -0.3 is 24.8 Å². The van der Waals surface area contributed by atoms with Gasteiger partial charge in [-0.3, -0.25) is 4.79 Å². The van der Waals surface area contributed by atoms with Gasteiger partial charge in [0, 0.05) is 19.1 Å². The van der Waals surface area contributed by atoms with E-state index >= 15 is 0 Å². The summed E-state index contributed by atoms with van der Waals surface area (Å²) < 4.78 is 15.9. The normalized spacial score (nSPS) is 16.5. The Bertz CT molecular complexity index is 536. The number of ether oxygens (including phenoxy) is 3. The molecule has 1 aliphatic heterocycles. The Labute approximate surface area is 143 Å². The van der Waals surface area contributed by atoms with Crippen LogP contribution in [0.15, 0.2) is 18.2 Å². The number of piperidine rings is 1. The highest BCUT2D eigenvalue weighted by atomic mass is 16.5. The Morgan fingerprint density at radius 1 is 1.17 bits per heavy atom. The topological polar surface area (TPSA) is 68.8 Å². The average molecular weight is 336 g/mol. The lowest BCUT2D eigenvalue weighted by molar-refractivity contribution is -0.121. The standard InChI is InChI=1S/C18H28N2O4/c1-22-13-18(6-8-19-9-7-18)12-20-17(21)11-14-4-5-15(23-2)16(10-14)24-3/h4-5,10,19H,6-9,11-13H2,1-3H3,(H,20,21). The first-order chi connectivity index (χ1) is 11.6. The summed E-state index contributed by atoms with van der Waals surface area (Å²) in [6.07, 6.45) is 2.34. The van der Waals surface area contributed by atoms with E-state index in [0.717, 1.165) is 31.5 Å². The molecule has 1 heterocycles. The molecule has 1 aromatic carbocycles. The molecule has 24 heavy (non-hydrogen) atoms. The van der Waals surface area contributed by atoms with E-state index in [2.05, 4.69) is 10.6 Å². The summed E-state index contributed by atoms with van der Waals surface area (Å²) in [7, 11) is 4.90. The Balaban J connectivity index is 1.92. The maximum atomic E-state index is 12.3. The maximum absolute atomic E-state index is 12.3. The van der Waals surface area contributed by atoms with Gasteiger partial charge in [0.2, 0.25) is 5.91 Å². The minimum Gasteiger partial charge on any atom is -0.493 e. The van der Waals surface area contributed by atoms with Gasteiger partial charge in [-0.1, -0.05) is 6.07 Å². The van der Waals surface area contributed by atoms with Crippen LogP contribution in [0.4, 0.5) is 0 Å². The summed E-state index contributed by atoms with van der Waals surface area (Å²) >= 11 is 0. The summed E-state index contributed by atoms with van der Waals surface area (Å²) in [6, 6.07) is 5.55. The lowest BCUT2D eigenvalue weighted by atomic mass is 9.79. The minimum atomic E-state index is 0.0104. The van der Waals surface area contributed by atoms with Crippen molar-refractivity contribution in [1.29, 1.82) is 0 Å². The van der Waals surface area contributed by atoms with Crippen LogP contribution < -0.4 is 20.1 Å². The average Bonchev–Trinajstić information content (AvgIpc) is 2.61. The SMILES string of the molecule is COCC1(CNC(=O)Cc2ccc(OC)c(OC)c2)CCNCC1. The predicted molar refractivity (Wildman–Crippen MR) is 92.7 cm³/mol. The third kappa shape index (κ3) is 4.85. The number of nitrogens with one attached hydrogen (secondary N) is 2. The van der Waals surface area contributed by atoms with Crippen LogP contribution in [0.25, 0.3) is 0 Å². The molecule has 1 amide bonds. The molecular weight excluding hydrogens is 308 g/mol. The van der Waals surface area contributed by atoms with Crippen LogP contribution in [0, 0.1) is 5.41 Å². The van der Waals surface area contributed by atoms with E-state index in [-0.39, 0.29) is 11.3 Å². The fraction of sp³-hybridized carbons (Fsp3) is 0.611. The van der Waals surface area contributed by atoms with Crippen molar-refractivity contribution >= 4 is 5.91 Å². The Morgan fingerprint density at radius 2 is 1.88 bits per heavy atom. The van der Waals surface area contributed by atoms with E-state index in [1.54, 1.807) is 21.3 Å². The van der Waals surface area contributed by atoms with Crippen LogP contribution >= 0.6 is 0 Å². The molecule has 0 radical (unpaired) electrons. The van der Waals surface area contributed by atoms with Gasteiger partial charge in [0.15, 0.2) is 11.5 Å². The van der Waals surface area contributed by atoms with Crippen LogP contribution in [0.5, 0.6) is 11.5 Å². The molecule has 1 saturated heterocycles. The Hall–Kier alpha value is -1.79. The summed E-state index contributed by atoms with van der Waals surface area (Å²) in [5, 5.41) is 6.43. The molecule has 6 nitrogen and oxygen atoms in total. The molecule has 134 valence electrons. The van der Waals surface area contributed by atoms with Gasteiger partial charge in [0.25, 0.3) is 0 Å². The monoisotopic (exact) mass is 336 g/mol. The van der Waals surface area contributed by atoms with E-state index in [1.165, 1.54) is 0 Å². The number of hydrogen-bond donors (Lipinski definition) is 2. The first kappa shape index (κ1) is 18.5. The zero-order valence-electron chi connectivity index (χ0n) is 14.8. The summed E-state index contributed by atoms with van der Waals surface area (Å²) in [4.78, 5) is 12.3. The number of benzene rings is 1. The summed E-state index contributed by atoms with van der Waals surface area (Å²) in [5.74, 6) is 1.31. The third-order valence-electron chi connectivity index (χ3n) is 4.59. The lowest BCUT2D eigenvalue weighted by Gasteiger charge is -2.37. The second-order valence-corrected chi connectivity index (χ2v) is 6.33. The molecule has 1 aliphatic rings. The van der Waals surface area contributed by atoms with E-state index in [4.69, 9.17) is 14.2 Å². The van der Waals surface area contributed by atoms with Crippen molar-refractivity contribution in [3.63, 3.8) is 0 Å². The quantitative estimate of drug-likeness (QED) is 0.751. The summed E-state index contributed by atoms with van der Waals surface area (Å²) in [5.41, 5.74) is 0.934. The molecule has 6 heteroatoms. The molecule has 0 aromatic heterocycles. The molecule has 0 unspecified atom stereocenters. The molecular formula is C18H28N2O4. The molecule has 1 aromatic rings. The van der Waals surface area contributed by atoms with Gasteiger partial charge in [-0.2, -0.15) is 0 Å². The second kappa shape index (κ2) is 8.89. The maximum Gasteiger partial charge on any atom is 0.224 e. The number of carbonyl (C=O) groups is 1. The Kier molecular flexibility index (Phi) is 6.87. The number of carbonyl (C=O) groups excluding carboxylic acids is 1. The first-order valence-corrected chi connectivity index (χ1v) is 8.30. The molecule has 2 N–H and O–H groups in total. The van der Waals surface area contributed by atoms with Crippen molar-refractivity contribution in [3.8, 4) is 11.5 Å². The van der Waals surface area contributed by atoms with Crippen molar-refractivity contribution in [2.24, 2.45) is 5.41 Å². The van der Waals surface area contributed by atoms with Crippen molar-refractivity contribution in [2.45, 2.75) is 19.3 Å². The Morgan fingerprint density at radius 3 is 2.50 bits per heavy atom. The van der Waals surface area contributed by atoms with Crippen molar-refractivity contribution < 1.29 is 19.0 Å². The number of rotatable bonds is 8. The molecule has 1 fully saturated rings. The molecule has 0 atom stereocenters. The third-order valence-corrected chi connectivity index (χ3v) is 4.59. The van der Waals surface area contributed by atoms with Gasteiger partial charge in [-0.05, 0) is 43.6 Å². The van der Waals surface area contributed by atoms with Crippen LogP contribution in [0.1, 0.15) is 18.4 Å². The van der Waals surface area contributed by atoms with E-state index < -0.39 is 0 Å². The number of amides is 1. The highest BCUT2D eigenvalue weighted by molar-refractivity contribution is 5.78. The second-order valence-electron chi connectivity index (χ2n) is 6.33. The molecule has 0 spiro atoms.